The van der Waals surface area contributed by atoms with Crippen LogP contribution in [0.15, 0.2) is 52.2 Å². The van der Waals surface area contributed by atoms with Crippen molar-refractivity contribution in [1.29, 1.82) is 0 Å². The summed E-state index contributed by atoms with van der Waals surface area (Å²) in [6.07, 6.45) is 1.80. The van der Waals surface area contributed by atoms with E-state index < -0.39 is 0 Å². The van der Waals surface area contributed by atoms with Gasteiger partial charge in [0.05, 0.1) is 0 Å². The minimum Gasteiger partial charge on any atom is -0.431 e. The van der Waals surface area contributed by atoms with Crippen LogP contribution in [0, 0.1) is 0 Å². The number of thioether (sulfide) groups is 1. The van der Waals surface area contributed by atoms with Gasteiger partial charge in [-0.1, -0.05) is 23.9 Å². The number of rotatable bonds is 4. The molecule has 96 valence electrons. The second-order valence-corrected chi connectivity index (χ2v) is 4.96. The Morgan fingerprint density at radius 1 is 1.26 bits per heavy atom. The van der Waals surface area contributed by atoms with Crippen molar-refractivity contribution >= 4 is 28.7 Å². The number of fused-ring (bicyclic) bond motifs is 1. The molecule has 0 unspecified atom stereocenters. The highest BCUT2D eigenvalue weighted by molar-refractivity contribution is 7.98. The largest absolute Gasteiger partial charge is 0.431 e. The summed E-state index contributed by atoms with van der Waals surface area (Å²) in [5.41, 5.74) is 2.91. The van der Waals surface area contributed by atoms with E-state index in [1.165, 1.54) is 5.56 Å². The Bertz CT molecular complexity index is 663. The molecule has 0 spiro atoms. The molecular weight excluding hydrogens is 258 g/mol. The molecule has 1 aromatic carbocycles. The fourth-order valence-corrected chi connectivity index (χ4v) is 2.54. The summed E-state index contributed by atoms with van der Waals surface area (Å²) in [7, 11) is 1.86. The molecule has 0 saturated heterocycles. The Labute approximate surface area is 115 Å². The summed E-state index contributed by atoms with van der Waals surface area (Å²) in [5.74, 6) is 1.68. The summed E-state index contributed by atoms with van der Waals surface area (Å²) in [6.45, 7) is 0. The topological polar surface area (TPSA) is 51.0 Å². The molecule has 0 aliphatic heterocycles. The Kier molecular flexibility index (Phi) is 3.37. The smallest absolute Gasteiger partial charge is 0.257 e. The van der Waals surface area contributed by atoms with Crippen LogP contribution < -0.4 is 5.32 Å². The van der Waals surface area contributed by atoms with Gasteiger partial charge in [-0.25, -0.2) is 9.97 Å². The van der Waals surface area contributed by atoms with E-state index in [4.69, 9.17) is 4.42 Å². The van der Waals surface area contributed by atoms with Crippen LogP contribution in [0.5, 0.6) is 0 Å². The SMILES string of the molecule is CNc1cc(CSc2nc3ccccc3o2)ccn1. The van der Waals surface area contributed by atoms with Crippen LogP contribution >= 0.6 is 11.8 Å². The zero-order valence-electron chi connectivity index (χ0n) is 10.5. The average molecular weight is 271 g/mol. The van der Waals surface area contributed by atoms with E-state index in [1.54, 1.807) is 18.0 Å². The minimum atomic E-state index is 0.698. The van der Waals surface area contributed by atoms with E-state index in [-0.39, 0.29) is 0 Å². The molecule has 0 bridgehead atoms. The predicted octanol–water partition coefficient (Wildman–Crippen LogP) is 3.56. The van der Waals surface area contributed by atoms with E-state index in [9.17, 15) is 0 Å². The standard InChI is InChI=1S/C14H13N3OS/c1-15-13-8-10(6-7-16-13)9-19-14-17-11-4-2-3-5-12(11)18-14/h2-8H,9H2,1H3,(H,15,16). The second-order valence-electron chi connectivity index (χ2n) is 4.04. The van der Waals surface area contributed by atoms with E-state index in [1.807, 2.05) is 43.4 Å². The number of nitrogens with zero attached hydrogens (tertiary/aromatic N) is 2. The van der Waals surface area contributed by atoms with Gasteiger partial charge in [0.25, 0.3) is 5.22 Å². The molecule has 0 aliphatic carbocycles. The van der Waals surface area contributed by atoms with Gasteiger partial charge < -0.3 is 9.73 Å². The third kappa shape index (κ3) is 2.71. The lowest BCUT2D eigenvalue weighted by Gasteiger charge is -2.01. The van der Waals surface area contributed by atoms with Crippen LogP contribution in [0.3, 0.4) is 0 Å². The van der Waals surface area contributed by atoms with Gasteiger partial charge in [-0.15, -0.1) is 0 Å². The number of pyridine rings is 1. The maximum absolute atomic E-state index is 5.67. The lowest BCUT2D eigenvalue weighted by molar-refractivity contribution is 0.489. The van der Waals surface area contributed by atoms with Crippen LogP contribution in [-0.2, 0) is 5.75 Å². The normalized spacial score (nSPS) is 10.8. The first-order valence-corrected chi connectivity index (χ1v) is 6.95. The highest BCUT2D eigenvalue weighted by atomic mass is 32.2. The first-order valence-electron chi connectivity index (χ1n) is 5.96. The summed E-state index contributed by atoms with van der Waals surface area (Å²) in [5, 5.41) is 3.73. The first-order chi connectivity index (χ1) is 9.35. The van der Waals surface area contributed by atoms with Gasteiger partial charge in [0.15, 0.2) is 5.58 Å². The van der Waals surface area contributed by atoms with Gasteiger partial charge in [0.1, 0.15) is 11.3 Å². The maximum atomic E-state index is 5.67. The molecule has 5 heteroatoms. The lowest BCUT2D eigenvalue weighted by Crippen LogP contribution is -1.92. The van der Waals surface area contributed by atoms with Crippen molar-refractivity contribution in [3.8, 4) is 0 Å². The number of hydrogen-bond acceptors (Lipinski definition) is 5. The number of benzene rings is 1. The molecule has 0 fully saturated rings. The number of anilines is 1. The van der Waals surface area contributed by atoms with Gasteiger partial charge in [0, 0.05) is 19.0 Å². The van der Waals surface area contributed by atoms with Crippen LogP contribution in [0.25, 0.3) is 11.1 Å². The zero-order valence-corrected chi connectivity index (χ0v) is 11.3. The van der Waals surface area contributed by atoms with Crippen molar-refractivity contribution in [2.45, 2.75) is 11.0 Å². The maximum Gasteiger partial charge on any atom is 0.257 e. The van der Waals surface area contributed by atoms with Crippen molar-refractivity contribution in [3.05, 3.63) is 48.2 Å². The van der Waals surface area contributed by atoms with E-state index in [0.717, 1.165) is 22.7 Å². The third-order valence-electron chi connectivity index (χ3n) is 2.72. The van der Waals surface area contributed by atoms with Crippen LogP contribution in [0.1, 0.15) is 5.56 Å². The molecule has 0 radical (unpaired) electrons. The number of oxazole rings is 1. The lowest BCUT2D eigenvalue weighted by atomic mass is 10.3. The zero-order chi connectivity index (χ0) is 13.1. The molecule has 0 saturated carbocycles. The molecule has 1 N–H and O–H groups in total. The van der Waals surface area contributed by atoms with Gasteiger partial charge in [-0.2, -0.15) is 0 Å². The molecule has 2 aromatic heterocycles. The second kappa shape index (κ2) is 5.32. The predicted molar refractivity (Wildman–Crippen MR) is 77.4 cm³/mol. The highest BCUT2D eigenvalue weighted by Gasteiger charge is 2.06. The minimum absolute atomic E-state index is 0.698. The molecule has 3 aromatic rings. The van der Waals surface area contributed by atoms with Crippen molar-refractivity contribution in [3.63, 3.8) is 0 Å². The number of nitrogens with one attached hydrogen (secondary N) is 1. The molecule has 4 nitrogen and oxygen atoms in total. The molecule has 0 amide bonds. The van der Waals surface area contributed by atoms with Gasteiger partial charge in [0.2, 0.25) is 0 Å². The monoisotopic (exact) mass is 271 g/mol. The van der Waals surface area contributed by atoms with Crippen molar-refractivity contribution in [1.82, 2.24) is 9.97 Å². The first kappa shape index (κ1) is 12.0. The average Bonchev–Trinajstić information content (AvgIpc) is 2.88. The number of para-hydroxylation sites is 2. The summed E-state index contributed by atoms with van der Waals surface area (Å²) in [4.78, 5) is 8.62. The fraction of sp³-hybridized carbons (Fsp3) is 0.143. The Morgan fingerprint density at radius 3 is 3.00 bits per heavy atom. The molecule has 19 heavy (non-hydrogen) atoms. The van der Waals surface area contributed by atoms with Gasteiger partial charge >= 0.3 is 0 Å². The Morgan fingerprint density at radius 2 is 2.16 bits per heavy atom. The number of hydrogen-bond donors (Lipinski definition) is 1. The van der Waals surface area contributed by atoms with Crippen LogP contribution in [0.4, 0.5) is 5.82 Å². The quantitative estimate of drug-likeness (QED) is 0.735. The summed E-state index contributed by atoms with van der Waals surface area (Å²) < 4.78 is 5.67. The highest BCUT2D eigenvalue weighted by Crippen LogP contribution is 2.26. The van der Waals surface area contributed by atoms with Crippen molar-refractivity contribution < 1.29 is 4.42 Å². The molecule has 0 atom stereocenters. The van der Waals surface area contributed by atoms with Crippen molar-refractivity contribution in [2.75, 3.05) is 12.4 Å². The van der Waals surface area contributed by atoms with Gasteiger partial charge in [-0.05, 0) is 29.8 Å². The molecule has 3 rings (SSSR count). The molecular formula is C14H13N3OS. The molecule has 0 aliphatic rings. The summed E-state index contributed by atoms with van der Waals surface area (Å²) in [6, 6.07) is 11.8. The van der Waals surface area contributed by atoms with E-state index in [2.05, 4.69) is 15.3 Å². The fourth-order valence-electron chi connectivity index (χ4n) is 1.76. The van der Waals surface area contributed by atoms with E-state index in [0.29, 0.717) is 5.22 Å². The van der Waals surface area contributed by atoms with Gasteiger partial charge in [-0.3, -0.25) is 0 Å². The van der Waals surface area contributed by atoms with Crippen molar-refractivity contribution in [2.24, 2.45) is 0 Å². The van der Waals surface area contributed by atoms with E-state index >= 15 is 0 Å². The van der Waals surface area contributed by atoms with Crippen LogP contribution in [0.2, 0.25) is 0 Å². The number of aromatic nitrogens is 2. The summed E-state index contributed by atoms with van der Waals surface area (Å²) >= 11 is 1.59. The molecule has 2 heterocycles. The third-order valence-corrected chi connectivity index (χ3v) is 3.62. The Hall–Kier alpha value is -2.01. The Balaban J connectivity index is 1.74. The van der Waals surface area contributed by atoms with Crippen LogP contribution in [-0.4, -0.2) is 17.0 Å².